The number of rotatable bonds is 4. The number of thiophene rings is 1. The molecule has 0 fully saturated rings. The summed E-state index contributed by atoms with van der Waals surface area (Å²) in [6, 6.07) is 16.4. The van der Waals surface area contributed by atoms with Gasteiger partial charge in [-0.2, -0.15) is 0 Å². The zero-order chi connectivity index (χ0) is 20.7. The molecule has 0 bridgehead atoms. The highest BCUT2D eigenvalue weighted by Crippen LogP contribution is 2.41. The zero-order valence-electron chi connectivity index (χ0n) is 16.4. The average Bonchev–Trinajstić information content (AvgIpc) is 3.17. The number of hydrogen-bond acceptors (Lipinski definition) is 3. The van der Waals surface area contributed by atoms with Gasteiger partial charge in [0.15, 0.2) is 9.84 Å². The number of fused-ring (bicyclic) bond motifs is 5. The van der Waals surface area contributed by atoms with E-state index in [1.54, 1.807) is 6.08 Å². The van der Waals surface area contributed by atoms with Gasteiger partial charge in [0.25, 0.3) is 0 Å². The minimum atomic E-state index is -3.40. The number of sulfone groups is 1. The molecule has 5 heteroatoms. The van der Waals surface area contributed by atoms with Crippen molar-refractivity contribution in [2.24, 2.45) is 0 Å². The third-order valence-electron chi connectivity index (χ3n) is 5.90. The second kappa shape index (κ2) is 7.84. The van der Waals surface area contributed by atoms with Crippen LogP contribution in [0.15, 0.2) is 60.7 Å². The van der Waals surface area contributed by atoms with E-state index in [2.05, 4.69) is 30.3 Å². The number of benzene rings is 2. The summed E-state index contributed by atoms with van der Waals surface area (Å²) >= 11 is 7.40. The first-order chi connectivity index (χ1) is 14.5. The Morgan fingerprint density at radius 1 is 0.900 bits per heavy atom. The molecule has 1 heterocycles. The van der Waals surface area contributed by atoms with Crippen LogP contribution in [0, 0.1) is 0 Å². The summed E-state index contributed by atoms with van der Waals surface area (Å²) in [5, 5.41) is 0. The van der Waals surface area contributed by atoms with Gasteiger partial charge in [0, 0.05) is 4.88 Å². The van der Waals surface area contributed by atoms with E-state index in [1.807, 2.05) is 30.4 Å². The van der Waals surface area contributed by atoms with Crippen LogP contribution in [0.25, 0.3) is 22.1 Å². The highest BCUT2D eigenvalue weighted by atomic mass is 35.5. The van der Waals surface area contributed by atoms with Gasteiger partial charge in [-0.1, -0.05) is 60.2 Å². The van der Waals surface area contributed by atoms with Gasteiger partial charge >= 0.3 is 0 Å². The van der Waals surface area contributed by atoms with Gasteiger partial charge in [0.2, 0.25) is 0 Å². The van der Waals surface area contributed by atoms with Gasteiger partial charge in [0.05, 0.1) is 15.0 Å². The van der Waals surface area contributed by atoms with E-state index in [9.17, 15) is 8.42 Å². The molecule has 1 aromatic heterocycles. The predicted octanol–water partition coefficient (Wildman–Crippen LogP) is 6.58. The van der Waals surface area contributed by atoms with Crippen LogP contribution in [0.1, 0.15) is 33.6 Å². The van der Waals surface area contributed by atoms with Crippen LogP contribution in [-0.4, -0.2) is 14.2 Å². The van der Waals surface area contributed by atoms with Crippen molar-refractivity contribution >= 4 is 43.8 Å². The summed E-state index contributed by atoms with van der Waals surface area (Å²) in [5.41, 5.74) is 7.38. The third-order valence-corrected chi connectivity index (χ3v) is 8.78. The lowest BCUT2D eigenvalue weighted by atomic mass is 9.79. The van der Waals surface area contributed by atoms with Gasteiger partial charge in [-0.25, -0.2) is 8.42 Å². The van der Waals surface area contributed by atoms with Crippen LogP contribution in [0.5, 0.6) is 0 Å². The highest BCUT2D eigenvalue weighted by molar-refractivity contribution is 8.00. The Kier molecular flexibility index (Phi) is 5.18. The summed E-state index contributed by atoms with van der Waals surface area (Å²) in [5.74, 6) is -0.00624. The molecule has 152 valence electrons. The third kappa shape index (κ3) is 3.58. The lowest BCUT2D eigenvalue weighted by Gasteiger charge is -2.27. The van der Waals surface area contributed by atoms with Gasteiger partial charge in [0.1, 0.15) is 0 Å². The van der Waals surface area contributed by atoms with E-state index in [0.717, 1.165) is 36.1 Å². The standard InChI is InChI=1S/C25H21ClO2S2/c26-25-15-11-18(29-25)6-4-16-30(27,28)24-9-3-8-20-22-12-10-17-5-1-2-7-19(17)21(22)13-14-23(20)24/h1-2,4-7,9,11,13-15H,3,8,10,12,16H2. The molecule has 0 aliphatic heterocycles. The Labute approximate surface area is 186 Å². The normalized spacial score (nSPS) is 15.4. The Morgan fingerprint density at radius 3 is 2.53 bits per heavy atom. The molecule has 5 rings (SSSR count). The first-order valence-corrected chi connectivity index (χ1v) is 13.0. The van der Waals surface area contributed by atoms with Gasteiger partial charge < -0.3 is 0 Å². The van der Waals surface area contributed by atoms with Crippen molar-refractivity contribution < 1.29 is 8.42 Å². The Hall–Kier alpha value is -2.14. The molecule has 0 amide bonds. The van der Waals surface area contributed by atoms with Crippen molar-refractivity contribution in [1.29, 1.82) is 0 Å². The Bertz CT molecular complexity index is 1300. The average molecular weight is 453 g/mol. The lowest BCUT2D eigenvalue weighted by molar-refractivity contribution is 0.608. The summed E-state index contributed by atoms with van der Waals surface area (Å²) in [7, 11) is -3.40. The second-order valence-corrected chi connectivity index (χ2v) is 11.5. The van der Waals surface area contributed by atoms with Crippen LogP contribution in [-0.2, 0) is 29.1 Å². The Balaban J connectivity index is 1.48. The van der Waals surface area contributed by atoms with Gasteiger partial charge in [-0.05, 0) is 77.3 Å². The van der Waals surface area contributed by atoms with E-state index in [-0.39, 0.29) is 5.75 Å². The maximum Gasteiger partial charge on any atom is 0.182 e. The molecule has 0 saturated carbocycles. The molecule has 3 aromatic rings. The molecule has 0 radical (unpaired) electrons. The molecule has 0 atom stereocenters. The smallest absolute Gasteiger partial charge is 0.182 e. The first-order valence-electron chi connectivity index (χ1n) is 10.1. The van der Waals surface area contributed by atoms with Crippen molar-refractivity contribution in [3.05, 3.63) is 92.2 Å². The number of allylic oxidation sites excluding steroid dienone is 1. The van der Waals surface area contributed by atoms with E-state index in [4.69, 9.17) is 11.6 Å². The summed E-state index contributed by atoms with van der Waals surface area (Å²) in [6.07, 6.45) is 9.12. The molecule has 2 nitrogen and oxygen atoms in total. The zero-order valence-corrected chi connectivity index (χ0v) is 18.8. The molecule has 0 saturated heterocycles. The maximum atomic E-state index is 13.2. The highest BCUT2D eigenvalue weighted by Gasteiger charge is 2.27. The summed E-state index contributed by atoms with van der Waals surface area (Å²) in [6.45, 7) is 0. The SMILES string of the molecule is O=S(=O)(CC=Cc1ccc(Cl)s1)C1=CCCc2c1ccc1c2CCc2ccccc2-1. The van der Waals surface area contributed by atoms with E-state index < -0.39 is 9.84 Å². The van der Waals surface area contributed by atoms with Crippen LogP contribution in [0.3, 0.4) is 0 Å². The van der Waals surface area contributed by atoms with Crippen molar-refractivity contribution in [3.8, 4) is 11.1 Å². The largest absolute Gasteiger partial charge is 0.223 e. The van der Waals surface area contributed by atoms with E-state index in [0.29, 0.717) is 9.24 Å². The minimum Gasteiger partial charge on any atom is -0.223 e. The molecular formula is C25H21ClO2S2. The quantitative estimate of drug-likeness (QED) is 0.447. The van der Waals surface area contributed by atoms with Gasteiger partial charge in [-0.3, -0.25) is 0 Å². The Morgan fingerprint density at radius 2 is 1.70 bits per heavy atom. The fourth-order valence-corrected chi connectivity index (χ4v) is 6.98. The summed E-state index contributed by atoms with van der Waals surface area (Å²) in [4.78, 5) is 1.44. The van der Waals surface area contributed by atoms with Crippen LogP contribution < -0.4 is 0 Å². The van der Waals surface area contributed by atoms with Crippen LogP contribution in [0.2, 0.25) is 4.34 Å². The molecular weight excluding hydrogens is 432 g/mol. The minimum absolute atomic E-state index is 0.00624. The number of halogens is 1. The van der Waals surface area contributed by atoms with Crippen LogP contribution >= 0.6 is 22.9 Å². The summed E-state index contributed by atoms with van der Waals surface area (Å²) < 4.78 is 27.0. The fraction of sp³-hybridized carbons (Fsp3) is 0.200. The number of hydrogen-bond donors (Lipinski definition) is 0. The van der Waals surface area contributed by atoms with Gasteiger partial charge in [-0.15, -0.1) is 11.3 Å². The van der Waals surface area contributed by atoms with Crippen molar-refractivity contribution in [2.45, 2.75) is 25.7 Å². The molecule has 0 unspecified atom stereocenters. The topological polar surface area (TPSA) is 34.1 Å². The van der Waals surface area contributed by atoms with Crippen molar-refractivity contribution in [1.82, 2.24) is 0 Å². The monoisotopic (exact) mass is 452 g/mol. The molecule has 2 aliphatic carbocycles. The molecule has 2 aromatic carbocycles. The lowest BCUT2D eigenvalue weighted by Crippen LogP contribution is -2.15. The fourth-order valence-electron chi connectivity index (χ4n) is 4.56. The molecule has 0 spiro atoms. The van der Waals surface area contributed by atoms with Crippen LogP contribution in [0.4, 0.5) is 0 Å². The first kappa shape index (κ1) is 19.8. The number of aryl methyl sites for hydroxylation is 1. The van der Waals surface area contributed by atoms with Crippen molar-refractivity contribution in [2.75, 3.05) is 5.75 Å². The van der Waals surface area contributed by atoms with E-state index in [1.165, 1.54) is 39.2 Å². The second-order valence-electron chi connectivity index (χ2n) is 7.71. The maximum absolute atomic E-state index is 13.2. The predicted molar refractivity (Wildman–Crippen MR) is 128 cm³/mol. The molecule has 30 heavy (non-hydrogen) atoms. The van der Waals surface area contributed by atoms with E-state index >= 15 is 0 Å². The molecule has 0 N–H and O–H groups in total. The van der Waals surface area contributed by atoms with Crippen molar-refractivity contribution in [3.63, 3.8) is 0 Å². The molecule has 2 aliphatic rings.